The lowest BCUT2D eigenvalue weighted by Gasteiger charge is -1.77. The summed E-state index contributed by atoms with van der Waals surface area (Å²) in [5, 5.41) is 11.0. The number of H-pyrrole nitrogens is 1. The number of aromatic amines is 1. The Morgan fingerprint density at radius 1 is 1.07 bits per heavy atom. The van der Waals surface area contributed by atoms with Gasteiger partial charge < -0.3 is 0 Å². The van der Waals surface area contributed by atoms with Crippen LogP contribution in [0.3, 0.4) is 0 Å². The highest BCUT2D eigenvalue weighted by atomic mass is 16.1. The summed E-state index contributed by atoms with van der Waals surface area (Å²) in [6, 6.07) is 7.47. The normalized spacial score (nSPS) is 11.9. The molecule has 3 rings (SSSR count). The van der Waals surface area contributed by atoms with Gasteiger partial charge in [-0.1, -0.05) is 18.2 Å². The van der Waals surface area contributed by atoms with Crippen molar-refractivity contribution in [2.45, 2.75) is 0 Å². The van der Waals surface area contributed by atoms with Crippen molar-refractivity contribution in [2.75, 3.05) is 0 Å². The second kappa shape index (κ2) is 4.28. The Labute approximate surface area is 85.2 Å². The van der Waals surface area contributed by atoms with Gasteiger partial charge in [0.15, 0.2) is 0 Å². The van der Waals surface area contributed by atoms with Crippen LogP contribution in [-0.4, -0.2) is 21.3 Å². The molecule has 1 N–H and O–H groups in total. The van der Waals surface area contributed by atoms with Gasteiger partial charge in [0.2, 0.25) is 0 Å². The van der Waals surface area contributed by atoms with Crippen LogP contribution in [0.4, 0.5) is 0 Å². The van der Waals surface area contributed by atoms with Gasteiger partial charge in [0, 0.05) is 11.3 Å². The molecule has 0 saturated carbocycles. The van der Waals surface area contributed by atoms with Gasteiger partial charge in [-0.2, -0.15) is 15.4 Å². The molecule has 5 nitrogen and oxygen atoms in total. The molecule has 0 bridgehead atoms. The fourth-order valence-electron chi connectivity index (χ4n) is 1.16. The third-order valence-electron chi connectivity index (χ3n) is 1.78. The van der Waals surface area contributed by atoms with Crippen LogP contribution in [0.5, 0.6) is 0 Å². The molecule has 1 aliphatic heterocycles. The van der Waals surface area contributed by atoms with Gasteiger partial charge in [-0.05, 0) is 6.07 Å². The number of aromatic nitrogens is 3. The van der Waals surface area contributed by atoms with Gasteiger partial charge in [0.1, 0.15) is 0 Å². The fraction of sp³-hybridized carbons (Fsp3) is 0. The van der Waals surface area contributed by atoms with Crippen molar-refractivity contribution in [3.8, 4) is 0 Å². The molecule has 74 valence electrons. The Kier molecular flexibility index (Phi) is 2.64. The summed E-state index contributed by atoms with van der Waals surface area (Å²) in [7, 11) is 0. The van der Waals surface area contributed by atoms with Crippen LogP contribution in [0, 0.1) is 0 Å². The zero-order valence-electron chi connectivity index (χ0n) is 7.79. The monoisotopic (exact) mass is 200 g/mol. The minimum absolute atomic E-state index is 0.152. The summed E-state index contributed by atoms with van der Waals surface area (Å²) in [5.41, 5.74) is 0. The number of nitrogens with one attached hydrogen (secondary N) is 1. The molecular formula is C10H8N4O. The maximum absolute atomic E-state index is 10.7. The van der Waals surface area contributed by atoms with Crippen molar-refractivity contribution in [3.05, 3.63) is 47.2 Å². The number of carbonyl (C=O) groups is 1. The molecule has 2 heterocycles. The zero-order chi connectivity index (χ0) is 10.5. The van der Waals surface area contributed by atoms with E-state index < -0.39 is 0 Å². The van der Waals surface area contributed by atoms with E-state index >= 15 is 0 Å². The number of amides is 1. The van der Waals surface area contributed by atoms with Gasteiger partial charge in [-0.15, -0.1) is 0 Å². The largest absolute Gasteiger partial charge is 0.270 e. The number of carbonyl (C=O) groups excluding carboxylic acids is 1. The van der Waals surface area contributed by atoms with Crippen molar-refractivity contribution in [1.82, 2.24) is 15.4 Å². The van der Waals surface area contributed by atoms with E-state index in [1.54, 1.807) is 12.4 Å². The van der Waals surface area contributed by atoms with Crippen molar-refractivity contribution in [1.29, 1.82) is 0 Å². The molecule has 5 heteroatoms. The van der Waals surface area contributed by atoms with Crippen LogP contribution in [0.1, 0.15) is 0 Å². The topological polar surface area (TPSA) is 71.0 Å². The van der Waals surface area contributed by atoms with Crippen molar-refractivity contribution >= 4 is 12.0 Å². The van der Waals surface area contributed by atoms with E-state index in [4.69, 9.17) is 0 Å². The first-order valence-corrected chi connectivity index (χ1v) is 4.35. The predicted octanol–water partition coefficient (Wildman–Crippen LogP) is -0.568. The van der Waals surface area contributed by atoms with E-state index in [9.17, 15) is 4.79 Å². The van der Waals surface area contributed by atoms with E-state index in [0.717, 1.165) is 10.6 Å². The SMILES string of the molecule is O=C1C=c2ccccc2=N1.c1cn[nH]n1. The van der Waals surface area contributed by atoms with E-state index in [0.29, 0.717) is 0 Å². The molecule has 1 amide bonds. The number of hydrogen-bond donors (Lipinski definition) is 1. The molecule has 0 radical (unpaired) electrons. The fourth-order valence-corrected chi connectivity index (χ4v) is 1.16. The molecule has 0 fully saturated rings. The number of para-hydroxylation sites is 1. The summed E-state index contributed by atoms with van der Waals surface area (Å²) < 4.78 is 0. The number of benzene rings is 1. The van der Waals surface area contributed by atoms with Crippen LogP contribution in [0.15, 0.2) is 41.7 Å². The van der Waals surface area contributed by atoms with Gasteiger partial charge in [0.25, 0.3) is 5.91 Å². The standard InChI is InChI=1S/C8H5NO.C2H3N3/c10-8-5-6-3-1-2-4-7(6)9-8;1-2-4-5-3-1/h1-5H;1-2H,(H,3,4,5). The lowest BCUT2D eigenvalue weighted by Crippen LogP contribution is -2.19. The Morgan fingerprint density at radius 2 is 1.80 bits per heavy atom. The summed E-state index contributed by atoms with van der Waals surface area (Å²) >= 11 is 0. The van der Waals surface area contributed by atoms with Gasteiger partial charge >= 0.3 is 0 Å². The summed E-state index contributed by atoms with van der Waals surface area (Å²) in [4.78, 5) is 14.4. The predicted molar refractivity (Wildman–Crippen MR) is 53.1 cm³/mol. The third-order valence-corrected chi connectivity index (χ3v) is 1.78. The van der Waals surface area contributed by atoms with Crippen LogP contribution < -0.4 is 10.6 Å². The molecule has 0 unspecified atom stereocenters. The minimum atomic E-state index is -0.152. The Hall–Kier alpha value is -2.30. The molecule has 0 spiro atoms. The van der Waals surface area contributed by atoms with Gasteiger partial charge in [-0.25, -0.2) is 4.99 Å². The quantitative estimate of drug-likeness (QED) is 0.619. The maximum Gasteiger partial charge on any atom is 0.270 e. The van der Waals surface area contributed by atoms with Crippen molar-refractivity contribution in [3.63, 3.8) is 0 Å². The van der Waals surface area contributed by atoms with Crippen LogP contribution >= 0.6 is 0 Å². The Balaban J connectivity index is 0.000000144. The number of nitrogens with zero attached hydrogens (tertiary/aromatic N) is 3. The van der Waals surface area contributed by atoms with Crippen LogP contribution in [-0.2, 0) is 4.79 Å². The average molecular weight is 200 g/mol. The first kappa shape index (κ1) is 9.26. The highest BCUT2D eigenvalue weighted by molar-refractivity contribution is 6.06. The lowest BCUT2D eigenvalue weighted by molar-refractivity contribution is -0.112. The number of hydrogen-bond acceptors (Lipinski definition) is 3. The molecule has 1 aromatic heterocycles. The van der Waals surface area contributed by atoms with Crippen molar-refractivity contribution in [2.24, 2.45) is 4.99 Å². The number of fused-ring (bicyclic) bond motifs is 1. The molecule has 1 aliphatic rings. The molecule has 15 heavy (non-hydrogen) atoms. The second-order valence-corrected chi connectivity index (χ2v) is 2.81. The minimum Gasteiger partial charge on any atom is -0.267 e. The molecule has 0 atom stereocenters. The highest BCUT2D eigenvalue weighted by Gasteiger charge is 1.99. The van der Waals surface area contributed by atoms with E-state index in [1.165, 1.54) is 6.08 Å². The molecule has 2 aromatic rings. The number of rotatable bonds is 0. The molecule has 0 aliphatic carbocycles. The maximum atomic E-state index is 10.7. The molecular weight excluding hydrogens is 192 g/mol. The molecule has 0 saturated heterocycles. The Morgan fingerprint density at radius 3 is 2.40 bits per heavy atom. The third kappa shape index (κ3) is 2.34. The van der Waals surface area contributed by atoms with Crippen molar-refractivity contribution < 1.29 is 4.79 Å². The van der Waals surface area contributed by atoms with E-state index in [1.807, 2.05) is 24.3 Å². The Bertz CT molecular complexity index is 505. The summed E-state index contributed by atoms with van der Waals surface area (Å²) in [5.74, 6) is -0.152. The smallest absolute Gasteiger partial charge is 0.267 e. The summed E-state index contributed by atoms with van der Waals surface area (Å²) in [6.45, 7) is 0. The average Bonchev–Trinajstić information content (AvgIpc) is 2.87. The summed E-state index contributed by atoms with van der Waals surface area (Å²) in [6.07, 6.45) is 4.70. The van der Waals surface area contributed by atoms with E-state index in [-0.39, 0.29) is 5.91 Å². The van der Waals surface area contributed by atoms with Gasteiger partial charge in [0.05, 0.1) is 17.8 Å². The second-order valence-electron chi connectivity index (χ2n) is 2.81. The highest BCUT2D eigenvalue weighted by Crippen LogP contribution is 1.81. The van der Waals surface area contributed by atoms with Crippen LogP contribution in [0.25, 0.3) is 6.08 Å². The molecule has 1 aromatic carbocycles. The van der Waals surface area contributed by atoms with E-state index in [2.05, 4.69) is 20.4 Å². The zero-order valence-corrected chi connectivity index (χ0v) is 7.79. The first-order valence-electron chi connectivity index (χ1n) is 4.35. The first-order chi connectivity index (χ1) is 7.36. The lowest BCUT2D eigenvalue weighted by atomic mass is 10.3. The van der Waals surface area contributed by atoms with Crippen LogP contribution in [0.2, 0.25) is 0 Å². The van der Waals surface area contributed by atoms with Gasteiger partial charge in [-0.3, -0.25) is 4.79 Å².